The predicted molar refractivity (Wildman–Crippen MR) is 100 cm³/mol. The van der Waals surface area contributed by atoms with Gasteiger partial charge >= 0.3 is 0 Å². The molecule has 28 heavy (non-hydrogen) atoms. The lowest BCUT2D eigenvalue weighted by Gasteiger charge is -2.21. The number of carbonyl (C=O) groups excluding carboxylic acids is 1. The van der Waals surface area contributed by atoms with Gasteiger partial charge in [-0.15, -0.1) is 0 Å². The summed E-state index contributed by atoms with van der Waals surface area (Å²) in [6, 6.07) is 8.06. The molecule has 3 rings (SSSR count). The molecule has 0 aliphatic carbocycles. The first-order valence-corrected chi connectivity index (χ1v) is 10.2. The Labute approximate surface area is 162 Å². The molecule has 0 saturated carbocycles. The van der Waals surface area contributed by atoms with Crippen LogP contribution in [0, 0.1) is 5.82 Å². The van der Waals surface area contributed by atoms with Gasteiger partial charge in [0, 0.05) is 18.2 Å². The number of ether oxygens (including phenoxy) is 2. The minimum absolute atomic E-state index is 0.0754. The molecule has 1 heterocycles. The van der Waals surface area contributed by atoms with Crippen molar-refractivity contribution in [2.45, 2.75) is 31.3 Å². The van der Waals surface area contributed by atoms with Crippen LogP contribution in [0.1, 0.15) is 29.8 Å². The van der Waals surface area contributed by atoms with Gasteiger partial charge in [-0.2, -0.15) is 0 Å². The number of fused-ring (bicyclic) bond motifs is 1. The molecule has 0 radical (unpaired) electrons. The third-order valence-corrected chi connectivity index (χ3v) is 5.63. The fraction of sp³-hybridized carbons (Fsp3) is 0.316. The highest BCUT2D eigenvalue weighted by atomic mass is 32.2. The van der Waals surface area contributed by atoms with Gasteiger partial charge in [-0.05, 0) is 38.1 Å². The zero-order valence-corrected chi connectivity index (χ0v) is 16.3. The zero-order chi connectivity index (χ0) is 20.3. The summed E-state index contributed by atoms with van der Waals surface area (Å²) in [7, 11) is -3.84. The first-order valence-electron chi connectivity index (χ1n) is 8.75. The SMILES string of the molecule is CC(C)NS(=O)(=O)c1ccc(F)c(C(=O)NCc2cccc3c2OCCO3)c1. The second-order valence-corrected chi connectivity index (χ2v) is 8.26. The molecule has 2 N–H and O–H groups in total. The van der Waals surface area contributed by atoms with Crippen LogP contribution in [-0.2, 0) is 16.6 Å². The second kappa shape index (κ2) is 8.15. The molecule has 150 valence electrons. The summed E-state index contributed by atoms with van der Waals surface area (Å²) in [6.45, 7) is 4.25. The number of hydrogen-bond donors (Lipinski definition) is 2. The van der Waals surface area contributed by atoms with Crippen LogP contribution in [0.4, 0.5) is 4.39 Å². The lowest BCUT2D eigenvalue weighted by Crippen LogP contribution is -2.31. The number of nitrogens with one attached hydrogen (secondary N) is 2. The van der Waals surface area contributed by atoms with Gasteiger partial charge in [0.1, 0.15) is 19.0 Å². The fourth-order valence-electron chi connectivity index (χ4n) is 2.77. The molecule has 0 unspecified atom stereocenters. The van der Waals surface area contributed by atoms with Gasteiger partial charge in [-0.1, -0.05) is 12.1 Å². The van der Waals surface area contributed by atoms with E-state index >= 15 is 0 Å². The number of carbonyl (C=O) groups is 1. The maximum Gasteiger partial charge on any atom is 0.254 e. The fourth-order valence-corrected chi connectivity index (χ4v) is 4.04. The van der Waals surface area contributed by atoms with Gasteiger partial charge in [0.15, 0.2) is 11.5 Å². The van der Waals surface area contributed by atoms with Crippen molar-refractivity contribution in [1.82, 2.24) is 10.0 Å². The molecule has 0 bridgehead atoms. The molecule has 9 heteroatoms. The van der Waals surface area contributed by atoms with Crippen molar-refractivity contribution in [2.24, 2.45) is 0 Å². The van der Waals surface area contributed by atoms with Gasteiger partial charge < -0.3 is 14.8 Å². The van der Waals surface area contributed by atoms with Crippen molar-refractivity contribution in [3.05, 3.63) is 53.3 Å². The minimum atomic E-state index is -3.84. The number of amides is 1. The molecular formula is C19H21FN2O5S. The standard InChI is InChI=1S/C19H21FN2O5S/c1-12(2)22-28(24,25)14-6-7-16(20)15(10-14)19(23)21-11-13-4-3-5-17-18(13)27-9-8-26-17/h3-7,10,12,22H,8-9,11H2,1-2H3,(H,21,23). The van der Waals surface area contributed by atoms with E-state index in [9.17, 15) is 17.6 Å². The molecule has 0 saturated heterocycles. The third-order valence-electron chi connectivity index (χ3n) is 3.97. The molecule has 0 aromatic heterocycles. The molecule has 1 aliphatic heterocycles. The summed E-state index contributed by atoms with van der Waals surface area (Å²) >= 11 is 0. The highest BCUT2D eigenvalue weighted by Crippen LogP contribution is 2.33. The maximum atomic E-state index is 14.1. The van der Waals surface area contributed by atoms with Crippen molar-refractivity contribution in [3.8, 4) is 11.5 Å². The van der Waals surface area contributed by atoms with Crippen molar-refractivity contribution < 1.29 is 27.1 Å². The van der Waals surface area contributed by atoms with E-state index < -0.39 is 21.7 Å². The Morgan fingerprint density at radius 3 is 2.68 bits per heavy atom. The molecule has 1 aliphatic rings. The third kappa shape index (κ3) is 4.42. The number of hydrogen-bond acceptors (Lipinski definition) is 5. The van der Waals surface area contributed by atoms with E-state index in [4.69, 9.17) is 9.47 Å². The molecule has 0 atom stereocenters. The summed E-state index contributed by atoms with van der Waals surface area (Å²) in [6.07, 6.45) is 0. The van der Waals surface area contributed by atoms with E-state index in [1.54, 1.807) is 32.0 Å². The van der Waals surface area contributed by atoms with Crippen LogP contribution in [0.15, 0.2) is 41.3 Å². The average Bonchev–Trinajstić information content (AvgIpc) is 2.65. The Hall–Kier alpha value is -2.65. The molecule has 0 fully saturated rings. The van der Waals surface area contributed by atoms with Crippen molar-refractivity contribution in [2.75, 3.05) is 13.2 Å². The maximum absolute atomic E-state index is 14.1. The first-order chi connectivity index (χ1) is 13.3. The van der Waals surface area contributed by atoms with Crippen LogP contribution < -0.4 is 19.5 Å². The van der Waals surface area contributed by atoms with Gasteiger partial charge in [0.05, 0.1) is 10.5 Å². The number of benzene rings is 2. The largest absolute Gasteiger partial charge is 0.486 e. The molecule has 2 aromatic rings. The smallest absolute Gasteiger partial charge is 0.254 e. The van der Waals surface area contributed by atoms with E-state index in [1.807, 2.05) is 0 Å². The van der Waals surface area contributed by atoms with E-state index in [2.05, 4.69) is 10.0 Å². The Morgan fingerprint density at radius 1 is 1.18 bits per heavy atom. The number of sulfonamides is 1. The van der Waals surface area contributed by atoms with Gasteiger partial charge in [0.25, 0.3) is 5.91 Å². The molecule has 1 amide bonds. The van der Waals surface area contributed by atoms with Crippen LogP contribution >= 0.6 is 0 Å². The van der Waals surface area contributed by atoms with Gasteiger partial charge in [-0.25, -0.2) is 17.5 Å². The summed E-state index contributed by atoms with van der Waals surface area (Å²) < 4.78 is 52.2. The van der Waals surface area contributed by atoms with E-state index in [-0.39, 0.29) is 23.0 Å². The average molecular weight is 408 g/mol. The van der Waals surface area contributed by atoms with Crippen LogP contribution in [-0.4, -0.2) is 33.6 Å². The number of para-hydroxylation sites is 1. The van der Waals surface area contributed by atoms with Crippen molar-refractivity contribution in [1.29, 1.82) is 0 Å². The quantitative estimate of drug-likeness (QED) is 0.764. The summed E-state index contributed by atoms with van der Waals surface area (Å²) in [4.78, 5) is 12.3. The highest BCUT2D eigenvalue weighted by Gasteiger charge is 2.21. The topological polar surface area (TPSA) is 93.7 Å². The van der Waals surface area contributed by atoms with Crippen LogP contribution in [0.25, 0.3) is 0 Å². The highest BCUT2D eigenvalue weighted by molar-refractivity contribution is 7.89. The van der Waals surface area contributed by atoms with Crippen LogP contribution in [0.3, 0.4) is 0 Å². The summed E-state index contributed by atoms with van der Waals surface area (Å²) in [5.74, 6) is -0.423. The molecule has 7 nitrogen and oxygen atoms in total. The van der Waals surface area contributed by atoms with Crippen LogP contribution in [0.2, 0.25) is 0 Å². The van der Waals surface area contributed by atoms with E-state index in [0.29, 0.717) is 30.3 Å². The normalized spacial score (nSPS) is 13.4. The minimum Gasteiger partial charge on any atom is -0.486 e. The number of rotatable bonds is 6. The van der Waals surface area contributed by atoms with Crippen molar-refractivity contribution >= 4 is 15.9 Å². The van der Waals surface area contributed by atoms with E-state index in [0.717, 1.165) is 18.2 Å². The Morgan fingerprint density at radius 2 is 1.93 bits per heavy atom. The molecule has 0 spiro atoms. The molecule has 2 aromatic carbocycles. The lowest BCUT2D eigenvalue weighted by atomic mass is 10.1. The zero-order valence-electron chi connectivity index (χ0n) is 15.5. The first kappa shape index (κ1) is 20.1. The Bertz CT molecular complexity index is 992. The Balaban J connectivity index is 1.79. The lowest BCUT2D eigenvalue weighted by molar-refractivity contribution is 0.0945. The monoisotopic (exact) mass is 408 g/mol. The van der Waals surface area contributed by atoms with E-state index in [1.165, 1.54) is 0 Å². The van der Waals surface area contributed by atoms with Gasteiger partial charge in [0.2, 0.25) is 10.0 Å². The summed E-state index contributed by atoms with van der Waals surface area (Å²) in [5.41, 5.74) is 0.324. The summed E-state index contributed by atoms with van der Waals surface area (Å²) in [5, 5.41) is 2.60. The Kier molecular flexibility index (Phi) is 5.85. The van der Waals surface area contributed by atoms with Gasteiger partial charge in [-0.3, -0.25) is 4.79 Å². The predicted octanol–water partition coefficient (Wildman–Crippen LogP) is 2.21. The molecular weight excluding hydrogens is 387 g/mol. The van der Waals surface area contributed by atoms with Crippen molar-refractivity contribution in [3.63, 3.8) is 0 Å². The number of halogens is 1. The second-order valence-electron chi connectivity index (χ2n) is 6.54. The van der Waals surface area contributed by atoms with Crippen LogP contribution in [0.5, 0.6) is 11.5 Å².